The van der Waals surface area contributed by atoms with Crippen LogP contribution in [0.25, 0.3) is 72.4 Å². The molecule has 0 aliphatic heterocycles. The van der Waals surface area contributed by atoms with Crippen molar-refractivity contribution in [1.82, 2.24) is 19.5 Å². The van der Waals surface area contributed by atoms with Gasteiger partial charge in [-0.1, -0.05) is 91.0 Å². The first-order valence-electron chi connectivity index (χ1n) is 14.4. The molecular weight excluding hydrogens is 524 g/mol. The van der Waals surface area contributed by atoms with E-state index in [1.165, 1.54) is 21.9 Å². The second kappa shape index (κ2) is 10.5. The molecule has 8 rings (SSSR count). The van der Waals surface area contributed by atoms with Crippen molar-refractivity contribution < 1.29 is 0 Å². The molecule has 4 heteroatoms. The normalized spacial score (nSPS) is 11.3. The average Bonchev–Trinajstić information content (AvgIpc) is 3.43. The lowest BCUT2D eigenvalue weighted by atomic mass is 9.98. The van der Waals surface area contributed by atoms with Crippen molar-refractivity contribution in [3.8, 4) is 50.6 Å². The summed E-state index contributed by atoms with van der Waals surface area (Å²) in [6.45, 7) is 0. The van der Waals surface area contributed by atoms with Crippen LogP contribution in [0.2, 0.25) is 0 Å². The fraction of sp³-hybridized carbons (Fsp3) is 0. The lowest BCUT2D eigenvalue weighted by Crippen LogP contribution is -1.95. The molecule has 4 aromatic carbocycles. The molecule has 4 aromatic heterocycles. The van der Waals surface area contributed by atoms with Crippen molar-refractivity contribution in [2.75, 3.05) is 0 Å². The molecule has 0 atom stereocenters. The lowest BCUT2D eigenvalue weighted by molar-refractivity contribution is 1.16. The van der Waals surface area contributed by atoms with Crippen LogP contribution >= 0.6 is 0 Å². The van der Waals surface area contributed by atoms with E-state index in [0.29, 0.717) is 0 Å². The SMILES string of the molecule is c1ccc(-c2ccc(-c3cc(-c4ccc(-n5c6ccccc6c6ccncc65)cc4)nc(-c4ccccn4)c3)cc2)cc1. The zero-order valence-electron chi connectivity index (χ0n) is 23.3. The van der Waals surface area contributed by atoms with E-state index >= 15 is 0 Å². The zero-order chi connectivity index (χ0) is 28.6. The Labute approximate surface area is 249 Å². The third kappa shape index (κ3) is 4.55. The highest BCUT2D eigenvalue weighted by Gasteiger charge is 2.14. The lowest BCUT2D eigenvalue weighted by Gasteiger charge is -2.12. The maximum Gasteiger partial charge on any atom is 0.0899 e. The summed E-state index contributed by atoms with van der Waals surface area (Å²) in [4.78, 5) is 14.1. The minimum absolute atomic E-state index is 0.845. The van der Waals surface area contributed by atoms with Crippen molar-refractivity contribution in [3.05, 3.63) is 158 Å². The maximum absolute atomic E-state index is 5.08. The monoisotopic (exact) mass is 550 g/mol. The van der Waals surface area contributed by atoms with Crippen LogP contribution in [0.3, 0.4) is 0 Å². The quantitative estimate of drug-likeness (QED) is 0.214. The fourth-order valence-corrected chi connectivity index (χ4v) is 5.85. The molecule has 0 saturated carbocycles. The molecular formula is C39H26N4. The Hall–Kier alpha value is -5.87. The van der Waals surface area contributed by atoms with Crippen LogP contribution in [0.15, 0.2) is 158 Å². The van der Waals surface area contributed by atoms with E-state index in [9.17, 15) is 0 Å². The topological polar surface area (TPSA) is 43.6 Å². The van der Waals surface area contributed by atoms with Gasteiger partial charge in [-0.3, -0.25) is 9.97 Å². The molecule has 4 nitrogen and oxygen atoms in total. The van der Waals surface area contributed by atoms with Gasteiger partial charge >= 0.3 is 0 Å². The second-order valence-electron chi connectivity index (χ2n) is 10.6. The third-order valence-corrected chi connectivity index (χ3v) is 7.98. The van der Waals surface area contributed by atoms with Crippen molar-refractivity contribution in [1.29, 1.82) is 0 Å². The predicted octanol–water partition coefficient (Wildman–Crippen LogP) is 9.64. The molecule has 8 aromatic rings. The summed E-state index contributed by atoms with van der Waals surface area (Å²) >= 11 is 0. The Kier molecular flexibility index (Phi) is 6.08. The van der Waals surface area contributed by atoms with Crippen LogP contribution in [-0.2, 0) is 0 Å². The van der Waals surface area contributed by atoms with Gasteiger partial charge in [0.05, 0.1) is 34.3 Å². The second-order valence-corrected chi connectivity index (χ2v) is 10.6. The van der Waals surface area contributed by atoms with Gasteiger partial charge in [0.15, 0.2) is 0 Å². The minimum atomic E-state index is 0.845. The Morgan fingerprint density at radius 2 is 1.07 bits per heavy atom. The van der Waals surface area contributed by atoms with Gasteiger partial charge in [-0.2, -0.15) is 0 Å². The molecule has 4 heterocycles. The molecule has 202 valence electrons. The zero-order valence-corrected chi connectivity index (χ0v) is 23.3. The summed E-state index contributed by atoms with van der Waals surface area (Å²) in [7, 11) is 0. The van der Waals surface area contributed by atoms with Gasteiger partial charge in [0, 0.05) is 34.4 Å². The summed E-state index contributed by atoms with van der Waals surface area (Å²) in [6, 6.07) is 48.6. The Morgan fingerprint density at radius 1 is 0.419 bits per heavy atom. The first-order chi connectivity index (χ1) is 21.3. The third-order valence-electron chi connectivity index (χ3n) is 7.98. The number of pyridine rings is 3. The van der Waals surface area contributed by atoms with Gasteiger partial charge in [0.25, 0.3) is 0 Å². The van der Waals surface area contributed by atoms with Gasteiger partial charge in [-0.05, 0) is 70.8 Å². The molecule has 0 aliphatic rings. The summed E-state index contributed by atoms with van der Waals surface area (Å²) in [5.41, 5.74) is 11.6. The smallest absolute Gasteiger partial charge is 0.0899 e. The van der Waals surface area contributed by atoms with E-state index in [-0.39, 0.29) is 0 Å². The number of hydrogen-bond acceptors (Lipinski definition) is 3. The number of nitrogens with zero attached hydrogens (tertiary/aromatic N) is 4. The maximum atomic E-state index is 5.08. The van der Waals surface area contributed by atoms with E-state index in [0.717, 1.165) is 50.5 Å². The number of hydrogen-bond donors (Lipinski definition) is 0. The van der Waals surface area contributed by atoms with Gasteiger partial charge in [0.1, 0.15) is 0 Å². The largest absolute Gasteiger partial charge is 0.308 e. The highest BCUT2D eigenvalue weighted by atomic mass is 15.0. The first kappa shape index (κ1) is 24.9. The van der Waals surface area contributed by atoms with Crippen molar-refractivity contribution in [2.45, 2.75) is 0 Å². The van der Waals surface area contributed by atoms with Crippen LogP contribution in [0, 0.1) is 0 Å². The van der Waals surface area contributed by atoms with Crippen molar-refractivity contribution >= 4 is 21.8 Å². The molecule has 43 heavy (non-hydrogen) atoms. The highest BCUT2D eigenvalue weighted by molar-refractivity contribution is 6.08. The highest BCUT2D eigenvalue weighted by Crippen LogP contribution is 2.34. The average molecular weight is 551 g/mol. The number of benzene rings is 4. The van der Waals surface area contributed by atoms with E-state index in [4.69, 9.17) is 4.98 Å². The van der Waals surface area contributed by atoms with Crippen LogP contribution in [-0.4, -0.2) is 19.5 Å². The molecule has 0 bridgehead atoms. The van der Waals surface area contributed by atoms with E-state index in [1.54, 1.807) is 0 Å². The number of rotatable bonds is 5. The Morgan fingerprint density at radius 3 is 1.86 bits per heavy atom. The molecule has 0 radical (unpaired) electrons. The molecule has 0 saturated heterocycles. The standard InChI is InChI=1S/C39H26N4/c1-2-8-27(9-3-1)28-13-15-29(16-14-28)31-24-36(42-37(25-31)35-11-6-7-22-41-35)30-17-19-32(20-18-30)43-38-12-5-4-10-33(38)34-21-23-40-26-39(34)43/h1-26H. The number of para-hydroxylation sites is 1. The predicted molar refractivity (Wildman–Crippen MR) is 176 cm³/mol. The molecule has 0 aliphatic carbocycles. The molecule has 0 spiro atoms. The molecule has 0 fully saturated rings. The van der Waals surface area contributed by atoms with Crippen LogP contribution in [0.5, 0.6) is 0 Å². The van der Waals surface area contributed by atoms with Gasteiger partial charge in [-0.15, -0.1) is 0 Å². The summed E-state index contributed by atoms with van der Waals surface area (Å²) in [5, 5.41) is 2.42. The van der Waals surface area contributed by atoms with Crippen LogP contribution in [0.1, 0.15) is 0 Å². The van der Waals surface area contributed by atoms with Crippen LogP contribution < -0.4 is 0 Å². The Balaban J connectivity index is 1.22. The van der Waals surface area contributed by atoms with Crippen molar-refractivity contribution in [3.63, 3.8) is 0 Å². The minimum Gasteiger partial charge on any atom is -0.308 e. The summed E-state index contributed by atoms with van der Waals surface area (Å²) in [5.74, 6) is 0. The van der Waals surface area contributed by atoms with Crippen molar-refractivity contribution in [2.24, 2.45) is 0 Å². The molecule has 0 unspecified atom stereocenters. The van der Waals surface area contributed by atoms with E-state index in [2.05, 4.69) is 130 Å². The number of aromatic nitrogens is 4. The molecule has 0 amide bonds. The summed E-state index contributed by atoms with van der Waals surface area (Å²) < 4.78 is 2.28. The Bertz CT molecular complexity index is 2150. The molecule has 0 N–H and O–H groups in total. The first-order valence-corrected chi connectivity index (χ1v) is 14.4. The van der Waals surface area contributed by atoms with Gasteiger partial charge < -0.3 is 4.57 Å². The van der Waals surface area contributed by atoms with Crippen LogP contribution in [0.4, 0.5) is 0 Å². The summed E-state index contributed by atoms with van der Waals surface area (Å²) in [6.07, 6.45) is 5.61. The van der Waals surface area contributed by atoms with E-state index < -0.39 is 0 Å². The van der Waals surface area contributed by atoms with Gasteiger partial charge in [-0.25, -0.2) is 4.98 Å². The number of fused-ring (bicyclic) bond motifs is 3. The fourth-order valence-electron chi connectivity index (χ4n) is 5.85. The van der Waals surface area contributed by atoms with E-state index in [1.807, 2.05) is 42.9 Å². The van der Waals surface area contributed by atoms with Gasteiger partial charge in [0.2, 0.25) is 0 Å².